The lowest BCUT2D eigenvalue weighted by atomic mass is 10.1. The summed E-state index contributed by atoms with van der Waals surface area (Å²) in [4.78, 5) is 4.82. The van der Waals surface area contributed by atoms with Crippen LogP contribution in [0, 0.1) is 5.92 Å². The molecule has 0 aromatic heterocycles. The summed E-state index contributed by atoms with van der Waals surface area (Å²) < 4.78 is 0. The molecule has 0 bridgehead atoms. The second-order valence-corrected chi connectivity index (χ2v) is 6.17. The highest BCUT2D eigenvalue weighted by atomic mass is 32.2. The summed E-state index contributed by atoms with van der Waals surface area (Å²) in [6.45, 7) is 6.80. The molecule has 2 fully saturated rings. The Morgan fingerprint density at radius 3 is 2.71 bits per heavy atom. The predicted octanol–water partition coefficient (Wildman–Crippen LogP) is 2.65. The number of thioether (sulfide) groups is 1. The van der Waals surface area contributed by atoms with Crippen molar-refractivity contribution in [2.45, 2.75) is 51.6 Å². The molecule has 0 amide bonds. The molecule has 0 spiro atoms. The summed E-state index contributed by atoms with van der Waals surface area (Å²) in [5.74, 6) is 1.93. The van der Waals surface area contributed by atoms with Gasteiger partial charge in [0.05, 0.1) is 6.04 Å². The molecule has 2 nitrogen and oxygen atoms in total. The number of hydrogen-bond donors (Lipinski definition) is 1. The van der Waals surface area contributed by atoms with Gasteiger partial charge in [0.2, 0.25) is 0 Å². The van der Waals surface area contributed by atoms with Crippen LogP contribution in [0.15, 0.2) is 4.99 Å². The van der Waals surface area contributed by atoms with Crippen LogP contribution in [-0.4, -0.2) is 22.5 Å². The van der Waals surface area contributed by atoms with Gasteiger partial charge in [0.25, 0.3) is 0 Å². The SMILES string of the molecule is CC1CCCC1N=C1NC(C)(C)CS1. The smallest absolute Gasteiger partial charge is 0.157 e. The van der Waals surface area contributed by atoms with E-state index in [0.29, 0.717) is 6.04 Å². The Kier molecular flexibility index (Phi) is 2.78. The molecule has 1 saturated carbocycles. The Hall–Kier alpha value is -0.180. The van der Waals surface area contributed by atoms with Gasteiger partial charge in [-0.15, -0.1) is 0 Å². The first kappa shape index (κ1) is 10.3. The molecule has 0 radical (unpaired) electrons. The number of rotatable bonds is 1. The van der Waals surface area contributed by atoms with Crippen molar-refractivity contribution < 1.29 is 0 Å². The van der Waals surface area contributed by atoms with Crippen molar-refractivity contribution in [2.24, 2.45) is 10.9 Å². The van der Waals surface area contributed by atoms with Crippen molar-refractivity contribution in [3.8, 4) is 0 Å². The van der Waals surface area contributed by atoms with Crippen LogP contribution < -0.4 is 5.32 Å². The first-order chi connectivity index (χ1) is 6.57. The lowest BCUT2D eigenvalue weighted by Gasteiger charge is -2.17. The van der Waals surface area contributed by atoms with Crippen LogP contribution in [0.3, 0.4) is 0 Å². The van der Waals surface area contributed by atoms with Gasteiger partial charge < -0.3 is 5.32 Å². The molecule has 80 valence electrons. The maximum atomic E-state index is 4.82. The molecular formula is C11H20N2S. The Labute approximate surface area is 90.9 Å². The second-order valence-electron chi connectivity index (χ2n) is 5.21. The van der Waals surface area contributed by atoms with Crippen molar-refractivity contribution in [1.82, 2.24) is 5.32 Å². The third-order valence-corrected chi connectivity index (χ3v) is 4.46. The van der Waals surface area contributed by atoms with Gasteiger partial charge in [0.1, 0.15) is 0 Å². The van der Waals surface area contributed by atoms with Gasteiger partial charge in [0.15, 0.2) is 5.17 Å². The standard InChI is InChI=1S/C11H20N2S/c1-8-5-4-6-9(8)12-10-13-11(2,3)7-14-10/h8-9H,4-7H2,1-3H3,(H,12,13). The van der Waals surface area contributed by atoms with Gasteiger partial charge in [0, 0.05) is 11.3 Å². The van der Waals surface area contributed by atoms with Crippen LogP contribution in [0.25, 0.3) is 0 Å². The first-order valence-corrected chi connectivity index (χ1v) is 6.54. The fourth-order valence-electron chi connectivity index (χ4n) is 2.15. The number of hydrogen-bond acceptors (Lipinski definition) is 2. The topological polar surface area (TPSA) is 24.4 Å². The normalized spacial score (nSPS) is 38.9. The summed E-state index contributed by atoms with van der Waals surface area (Å²) in [6, 6.07) is 0.582. The summed E-state index contributed by atoms with van der Waals surface area (Å²) >= 11 is 1.88. The van der Waals surface area contributed by atoms with E-state index in [1.54, 1.807) is 0 Å². The fourth-order valence-corrected chi connectivity index (χ4v) is 3.28. The van der Waals surface area contributed by atoms with Crippen LogP contribution in [0.5, 0.6) is 0 Å². The average molecular weight is 212 g/mol. The van der Waals surface area contributed by atoms with Crippen molar-refractivity contribution in [1.29, 1.82) is 0 Å². The van der Waals surface area contributed by atoms with E-state index in [1.165, 1.54) is 24.4 Å². The highest BCUT2D eigenvalue weighted by molar-refractivity contribution is 8.14. The van der Waals surface area contributed by atoms with Crippen molar-refractivity contribution in [3.63, 3.8) is 0 Å². The summed E-state index contributed by atoms with van der Waals surface area (Å²) in [7, 11) is 0. The van der Waals surface area contributed by atoms with Gasteiger partial charge in [-0.05, 0) is 32.6 Å². The Morgan fingerprint density at radius 2 is 2.21 bits per heavy atom. The lowest BCUT2D eigenvalue weighted by molar-refractivity contribution is 0.514. The number of aliphatic imine (C=N–C) groups is 1. The molecule has 1 saturated heterocycles. The van der Waals surface area contributed by atoms with E-state index >= 15 is 0 Å². The zero-order valence-electron chi connectivity index (χ0n) is 9.34. The molecule has 1 heterocycles. The quantitative estimate of drug-likeness (QED) is 0.722. The van der Waals surface area contributed by atoms with E-state index in [-0.39, 0.29) is 5.54 Å². The molecule has 1 aliphatic carbocycles. The minimum absolute atomic E-state index is 0.241. The van der Waals surface area contributed by atoms with E-state index in [1.807, 2.05) is 11.8 Å². The zero-order chi connectivity index (χ0) is 10.2. The number of nitrogens with zero attached hydrogens (tertiary/aromatic N) is 1. The molecule has 0 aromatic rings. The zero-order valence-corrected chi connectivity index (χ0v) is 10.2. The summed E-state index contributed by atoms with van der Waals surface area (Å²) in [5, 5.41) is 4.67. The van der Waals surface area contributed by atoms with E-state index in [4.69, 9.17) is 4.99 Å². The van der Waals surface area contributed by atoms with Gasteiger partial charge in [-0.2, -0.15) is 0 Å². The van der Waals surface area contributed by atoms with Crippen LogP contribution in [0.1, 0.15) is 40.0 Å². The third kappa shape index (κ3) is 2.25. The molecule has 2 atom stereocenters. The van der Waals surface area contributed by atoms with Gasteiger partial charge in [-0.25, -0.2) is 0 Å². The molecule has 1 N–H and O–H groups in total. The molecule has 2 rings (SSSR count). The summed E-state index contributed by atoms with van der Waals surface area (Å²) in [6.07, 6.45) is 4.00. The first-order valence-electron chi connectivity index (χ1n) is 5.56. The molecule has 3 heteroatoms. The maximum Gasteiger partial charge on any atom is 0.157 e. The van der Waals surface area contributed by atoms with Crippen LogP contribution >= 0.6 is 11.8 Å². The molecule has 2 unspecified atom stereocenters. The Morgan fingerprint density at radius 1 is 1.43 bits per heavy atom. The second kappa shape index (κ2) is 3.76. The van der Waals surface area contributed by atoms with Crippen molar-refractivity contribution in [2.75, 3.05) is 5.75 Å². The van der Waals surface area contributed by atoms with Gasteiger partial charge in [-0.3, -0.25) is 4.99 Å². The molecule has 14 heavy (non-hydrogen) atoms. The molecule has 2 aliphatic rings. The Balaban J connectivity index is 1.98. The largest absolute Gasteiger partial charge is 0.359 e. The monoisotopic (exact) mass is 212 g/mol. The minimum Gasteiger partial charge on any atom is -0.359 e. The van der Waals surface area contributed by atoms with Crippen molar-refractivity contribution >= 4 is 16.9 Å². The minimum atomic E-state index is 0.241. The van der Waals surface area contributed by atoms with Crippen LogP contribution in [-0.2, 0) is 0 Å². The van der Waals surface area contributed by atoms with Gasteiger partial charge in [-0.1, -0.05) is 25.1 Å². The van der Waals surface area contributed by atoms with E-state index in [0.717, 1.165) is 11.7 Å². The van der Waals surface area contributed by atoms with E-state index in [2.05, 4.69) is 26.1 Å². The Bertz CT molecular complexity index is 248. The molecule has 0 aromatic carbocycles. The predicted molar refractivity (Wildman–Crippen MR) is 63.9 cm³/mol. The highest BCUT2D eigenvalue weighted by Gasteiger charge is 2.29. The highest BCUT2D eigenvalue weighted by Crippen LogP contribution is 2.30. The average Bonchev–Trinajstić information content (AvgIpc) is 2.61. The van der Waals surface area contributed by atoms with Crippen LogP contribution in [0.4, 0.5) is 0 Å². The number of nitrogens with one attached hydrogen (secondary N) is 1. The fraction of sp³-hybridized carbons (Fsp3) is 0.909. The maximum absolute atomic E-state index is 4.82. The molecule has 1 aliphatic heterocycles. The van der Waals surface area contributed by atoms with Crippen LogP contribution in [0.2, 0.25) is 0 Å². The van der Waals surface area contributed by atoms with E-state index < -0.39 is 0 Å². The third-order valence-electron chi connectivity index (χ3n) is 3.11. The van der Waals surface area contributed by atoms with E-state index in [9.17, 15) is 0 Å². The van der Waals surface area contributed by atoms with Crippen molar-refractivity contribution in [3.05, 3.63) is 0 Å². The number of amidine groups is 1. The van der Waals surface area contributed by atoms with Gasteiger partial charge >= 0.3 is 0 Å². The summed E-state index contributed by atoms with van der Waals surface area (Å²) in [5.41, 5.74) is 0.241. The molecular weight excluding hydrogens is 192 g/mol. The lowest BCUT2D eigenvalue weighted by Crippen LogP contribution is -2.37.